The fraction of sp³-hybridized carbons (Fsp3) is 0.444. The Labute approximate surface area is 199 Å². The van der Waals surface area contributed by atoms with Crippen LogP contribution in [0, 0.1) is 0 Å². The van der Waals surface area contributed by atoms with E-state index in [2.05, 4.69) is 51.3 Å². The molecule has 1 fully saturated rings. The monoisotopic (exact) mass is 467 g/mol. The summed E-state index contributed by atoms with van der Waals surface area (Å²) in [7, 11) is -0.249. The second-order valence-corrected chi connectivity index (χ2v) is 14.9. The fourth-order valence-electron chi connectivity index (χ4n) is 3.20. The van der Waals surface area contributed by atoms with E-state index in [1.165, 1.54) is 18.4 Å². The normalized spacial score (nSPS) is 14.7. The van der Waals surface area contributed by atoms with Crippen LogP contribution in [-0.2, 0) is 15.8 Å². The molecule has 0 heterocycles. The molecular weight excluding hydrogens is 430 g/mol. The van der Waals surface area contributed by atoms with E-state index < -0.39 is 8.32 Å². The highest BCUT2D eigenvalue weighted by atomic mass is 28.4. The van der Waals surface area contributed by atoms with E-state index >= 15 is 0 Å². The summed E-state index contributed by atoms with van der Waals surface area (Å²) in [6.45, 7) is 13.4. The topological polar surface area (TPSA) is 56.8 Å². The molecule has 0 aliphatic heterocycles. The van der Waals surface area contributed by atoms with E-state index in [-0.39, 0.29) is 16.7 Å². The molecule has 2 aromatic rings. The van der Waals surface area contributed by atoms with E-state index in [4.69, 9.17) is 13.9 Å². The molecular formula is C27H37NO4Si. The van der Waals surface area contributed by atoms with Crippen LogP contribution >= 0.6 is 0 Å². The minimum Gasteiger partial charge on any atom is -0.496 e. The van der Waals surface area contributed by atoms with Gasteiger partial charge in [0.15, 0.2) is 14.1 Å². The van der Waals surface area contributed by atoms with Gasteiger partial charge in [-0.3, -0.25) is 4.79 Å². The lowest BCUT2D eigenvalue weighted by Crippen LogP contribution is -2.40. The predicted octanol–water partition coefficient (Wildman–Crippen LogP) is 7.02. The highest BCUT2D eigenvalue weighted by molar-refractivity contribution is 6.74. The van der Waals surface area contributed by atoms with Gasteiger partial charge in [-0.05, 0) is 73.7 Å². The third-order valence-corrected chi connectivity index (χ3v) is 11.1. The number of anilines is 1. The molecule has 6 heteroatoms. The summed E-state index contributed by atoms with van der Waals surface area (Å²) in [6.07, 6.45) is 4.18. The highest BCUT2D eigenvalue weighted by Gasteiger charge is 2.37. The first-order chi connectivity index (χ1) is 15.5. The molecule has 1 aliphatic rings. The van der Waals surface area contributed by atoms with Gasteiger partial charge in [-0.2, -0.15) is 0 Å². The standard InChI is InChI=1S/C27H37NO4Si/c1-8-24(32-23-15-12-20(13-16-23)19-9-10-19)26(29)28-22-14-11-21(25(17-22)30-5)18-31-33(6,7)27(2,3)4/h8,11-17,19H,9-10,18H2,1-7H3,(H,28,29)/b24-8-. The van der Waals surface area contributed by atoms with E-state index in [1.807, 2.05) is 30.3 Å². The van der Waals surface area contributed by atoms with Crippen LogP contribution in [0.5, 0.6) is 11.5 Å². The predicted molar refractivity (Wildman–Crippen MR) is 136 cm³/mol. The number of nitrogens with one attached hydrogen (secondary N) is 1. The summed E-state index contributed by atoms with van der Waals surface area (Å²) in [5.74, 6) is 1.96. The summed E-state index contributed by atoms with van der Waals surface area (Å²) in [6, 6.07) is 13.6. The van der Waals surface area contributed by atoms with Crippen molar-refractivity contribution in [3.63, 3.8) is 0 Å². The molecule has 0 aromatic heterocycles. The van der Waals surface area contributed by atoms with Gasteiger partial charge in [-0.15, -0.1) is 0 Å². The van der Waals surface area contributed by atoms with Crippen LogP contribution in [0.15, 0.2) is 54.3 Å². The first-order valence-electron chi connectivity index (χ1n) is 11.6. The molecule has 178 valence electrons. The van der Waals surface area contributed by atoms with Crippen LogP contribution in [0.1, 0.15) is 57.6 Å². The quantitative estimate of drug-likeness (QED) is 0.245. The first kappa shape index (κ1) is 25.1. The Morgan fingerprint density at radius 1 is 1.12 bits per heavy atom. The van der Waals surface area contributed by atoms with Crippen LogP contribution in [0.3, 0.4) is 0 Å². The van der Waals surface area contributed by atoms with Gasteiger partial charge >= 0.3 is 0 Å². The van der Waals surface area contributed by atoms with Gasteiger partial charge in [0.1, 0.15) is 11.5 Å². The molecule has 0 spiro atoms. The van der Waals surface area contributed by atoms with Crippen LogP contribution in [0.4, 0.5) is 5.69 Å². The molecule has 0 bridgehead atoms. The third-order valence-electron chi connectivity index (χ3n) is 6.58. The molecule has 3 rings (SSSR count). The largest absolute Gasteiger partial charge is 0.496 e. The zero-order valence-corrected chi connectivity index (χ0v) is 22.0. The number of benzene rings is 2. The molecule has 0 atom stereocenters. The van der Waals surface area contributed by atoms with Crippen molar-refractivity contribution in [2.45, 2.75) is 71.2 Å². The van der Waals surface area contributed by atoms with Crippen LogP contribution in [0.25, 0.3) is 0 Å². The SMILES string of the molecule is C/C=C(\Oc1ccc(C2CC2)cc1)C(=O)Nc1ccc(CO[Si](C)(C)C(C)(C)C)c(OC)c1. The Hall–Kier alpha value is -2.57. The fourth-order valence-corrected chi connectivity index (χ4v) is 4.15. The average Bonchev–Trinajstić information content (AvgIpc) is 3.61. The number of rotatable bonds is 9. The smallest absolute Gasteiger partial charge is 0.291 e. The zero-order chi connectivity index (χ0) is 24.2. The van der Waals surface area contributed by atoms with Crippen molar-refractivity contribution >= 4 is 19.9 Å². The Balaban J connectivity index is 1.64. The van der Waals surface area contributed by atoms with E-state index in [0.717, 1.165) is 5.56 Å². The lowest BCUT2D eigenvalue weighted by molar-refractivity contribution is -0.114. The van der Waals surface area contributed by atoms with Gasteiger partial charge in [0.25, 0.3) is 5.91 Å². The van der Waals surface area contributed by atoms with Crippen molar-refractivity contribution in [1.29, 1.82) is 0 Å². The van der Waals surface area contributed by atoms with Crippen LogP contribution in [0.2, 0.25) is 18.1 Å². The van der Waals surface area contributed by atoms with Gasteiger partial charge in [0.2, 0.25) is 0 Å². The van der Waals surface area contributed by atoms with Gasteiger partial charge in [-0.1, -0.05) is 39.0 Å². The molecule has 1 saturated carbocycles. The van der Waals surface area contributed by atoms with Crippen molar-refractivity contribution in [1.82, 2.24) is 0 Å². The molecule has 0 unspecified atom stereocenters. The summed E-state index contributed by atoms with van der Waals surface area (Å²) >= 11 is 0. The average molecular weight is 468 g/mol. The third kappa shape index (κ3) is 6.48. The maximum atomic E-state index is 12.8. The zero-order valence-electron chi connectivity index (χ0n) is 21.0. The number of amides is 1. The van der Waals surface area contributed by atoms with Crippen molar-refractivity contribution in [2.24, 2.45) is 0 Å². The maximum Gasteiger partial charge on any atom is 0.291 e. The number of methoxy groups -OCH3 is 1. The van der Waals surface area contributed by atoms with Crippen LogP contribution < -0.4 is 14.8 Å². The summed E-state index contributed by atoms with van der Waals surface area (Å²) in [4.78, 5) is 12.8. The lowest BCUT2D eigenvalue weighted by atomic mass is 10.1. The molecule has 2 aromatic carbocycles. The second-order valence-electron chi connectivity index (χ2n) is 10.1. The number of hydrogen-bond donors (Lipinski definition) is 1. The first-order valence-corrected chi connectivity index (χ1v) is 14.5. The van der Waals surface area contributed by atoms with Crippen molar-refractivity contribution in [3.8, 4) is 11.5 Å². The molecule has 0 saturated heterocycles. The van der Waals surface area contributed by atoms with Gasteiger partial charge in [0.05, 0.1) is 13.7 Å². The molecule has 1 aliphatic carbocycles. The molecule has 5 nitrogen and oxygen atoms in total. The van der Waals surface area contributed by atoms with E-state index in [0.29, 0.717) is 29.7 Å². The Kier molecular flexibility index (Phi) is 7.70. The van der Waals surface area contributed by atoms with E-state index in [9.17, 15) is 4.79 Å². The number of carbonyl (C=O) groups is 1. The Morgan fingerprint density at radius 3 is 2.33 bits per heavy atom. The van der Waals surface area contributed by atoms with Crippen molar-refractivity contribution in [2.75, 3.05) is 12.4 Å². The van der Waals surface area contributed by atoms with E-state index in [1.54, 1.807) is 20.1 Å². The molecule has 1 N–H and O–H groups in total. The Bertz CT molecular complexity index is 1000. The molecule has 0 radical (unpaired) electrons. The second kappa shape index (κ2) is 10.1. The number of ether oxygens (including phenoxy) is 2. The van der Waals surface area contributed by atoms with Gasteiger partial charge in [0, 0.05) is 17.3 Å². The maximum absolute atomic E-state index is 12.8. The van der Waals surface area contributed by atoms with Crippen molar-refractivity contribution in [3.05, 3.63) is 65.4 Å². The van der Waals surface area contributed by atoms with Crippen LogP contribution in [-0.4, -0.2) is 21.3 Å². The number of hydrogen-bond acceptors (Lipinski definition) is 4. The number of allylic oxidation sites excluding steroid dienone is 1. The van der Waals surface area contributed by atoms with Gasteiger partial charge < -0.3 is 19.2 Å². The van der Waals surface area contributed by atoms with Crippen molar-refractivity contribution < 1.29 is 18.7 Å². The molecule has 1 amide bonds. The minimum atomic E-state index is -1.88. The summed E-state index contributed by atoms with van der Waals surface area (Å²) < 4.78 is 17.8. The minimum absolute atomic E-state index is 0.134. The highest BCUT2D eigenvalue weighted by Crippen LogP contribution is 2.40. The Morgan fingerprint density at radius 2 is 1.79 bits per heavy atom. The summed E-state index contributed by atoms with van der Waals surface area (Å²) in [5.41, 5.74) is 2.93. The summed E-state index contributed by atoms with van der Waals surface area (Å²) in [5, 5.41) is 3.04. The lowest BCUT2D eigenvalue weighted by Gasteiger charge is -2.36. The number of carbonyl (C=O) groups excluding carboxylic acids is 1. The van der Waals surface area contributed by atoms with Gasteiger partial charge in [-0.25, -0.2) is 0 Å². The molecule has 33 heavy (non-hydrogen) atoms.